The summed E-state index contributed by atoms with van der Waals surface area (Å²) in [6.45, 7) is 4.73. The third kappa shape index (κ3) is 12.1. The summed E-state index contributed by atoms with van der Waals surface area (Å²) in [5.74, 6) is 0.751. The number of para-hydroxylation sites is 1. The lowest BCUT2D eigenvalue weighted by molar-refractivity contribution is 0.477. The standard InChI is InChI=1S/C40H52N2/c1-33(31-36-23-29-40(30-24-36)42-38-21-15-10-16-22-38)17-11-7-5-3-4-6-8-12-18-34(2)41-39-27-25-37(26-28-39)32-35-19-13-9-14-20-35/h9-10,13-16,19-30,33-34,41-42H,3-8,11-12,17-18,31-32H2,1-2H3. The highest BCUT2D eigenvalue weighted by Crippen LogP contribution is 2.21. The highest BCUT2D eigenvalue weighted by Gasteiger charge is 2.06. The van der Waals surface area contributed by atoms with Crippen molar-refractivity contribution >= 4 is 17.1 Å². The van der Waals surface area contributed by atoms with E-state index in [0.29, 0.717) is 6.04 Å². The predicted molar refractivity (Wildman–Crippen MR) is 184 cm³/mol. The average molecular weight is 561 g/mol. The van der Waals surface area contributed by atoms with Gasteiger partial charge in [-0.25, -0.2) is 0 Å². The summed E-state index contributed by atoms with van der Waals surface area (Å²) in [4.78, 5) is 0. The highest BCUT2D eigenvalue weighted by atomic mass is 14.9. The first-order valence-corrected chi connectivity index (χ1v) is 16.4. The van der Waals surface area contributed by atoms with E-state index in [4.69, 9.17) is 0 Å². The quantitative estimate of drug-likeness (QED) is 0.111. The number of hydrogen-bond acceptors (Lipinski definition) is 2. The Balaban J connectivity index is 0.968. The van der Waals surface area contributed by atoms with Crippen LogP contribution in [-0.2, 0) is 12.8 Å². The van der Waals surface area contributed by atoms with Crippen LogP contribution in [0.4, 0.5) is 17.1 Å². The highest BCUT2D eigenvalue weighted by molar-refractivity contribution is 5.59. The lowest BCUT2D eigenvalue weighted by Crippen LogP contribution is -2.14. The molecule has 0 aliphatic heterocycles. The molecular weight excluding hydrogens is 508 g/mol. The van der Waals surface area contributed by atoms with Gasteiger partial charge in [-0.1, -0.05) is 138 Å². The first-order chi connectivity index (χ1) is 20.6. The van der Waals surface area contributed by atoms with Crippen LogP contribution in [0.5, 0.6) is 0 Å². The summed E-state index contributed by atoms with van der Waals surface area (Å²) in [7, 11) is 0. The van der Waals surface area contributed by atoms with Crippen molar-refractivity contribution < 1.29 is 0 Å². The molecule has 0 radical (unpaired) electrons. The molecule has 0 saturated heterocycles. The Hall–Kier alpha value is -3.52. The minimum atomic E-state index is 0.524. The van der Waals surface area contributed by atoms with Crippen LogP contribution in [0.1, 0.15) is 94.7 Å². The van der Waals surface area contributed by atoms with Gasteiger partial charge in [0.15, 0.2) is 0 Å². The van der Waals surface area contributed by atoms with Gasteiger partial charge in [-0.2, -0.15) is 0 Å². The van der Waals surface area contributed by atoms with Gasteiger partial charge in [0.25, 0.3) is 0 Å². The normalized spacial score (nSPS) is 12.5. The molecule has 0 heterocycles. The van der Waals surface area contributed by atoms with Crippen molar-refractivity contribution in [2.24, 2.45) is 5.92 Å². The fourth-order valence-electron chi connectivity index (χ4n) is 5.83. The second-order valence-corrected chi connectivity index (χ2v) is 12.3. The van der Waals surface area contributed by atoms with Crippen molar-refractivity contribution in [1.29, 1.82) is 0 Å². The average Bonchev–Trinajstić information content (AvgIpc) is 3.01. The van der Waals surface area contributed by atoms with E-state index in [9.17, 15) is 0 Å². The van der Waals surface area contributed by atoms with Crippen LogP contribution in [0.2, 0.25) is 0 Å². The molecule has 0 bridgehead atoms. The molecule has 2 atom stereocenters. The van der Waals surface area contributed by atoms with Crippen LogP contribution < -0.4 is 10.6 Å². The molecule has 42 heavy (non-hydrogen) atoms. The summed E-state index contributed by atoms with van der Waals surface area (Å²) >= 11 is 0. The summed E-state index contributed by atoms with van der Waals surface area (Å²) in [5.41, 5.74) is 7.71. The van der Waals surface area contributed by atoms with Crippen molar-refractivity contribution in [1.82, 2.24) is 0 Å². The van der Waals surface area contributed by atoms with Crippen LogP contribution in [0.3, 0.4) is 0 Å². The molecule has 2 nitrogen and oxygen atoms in total. The Morgan fingerprint density at radius 1 is 0.452 bits per heavy atom. The molecule has 0 aliphatic rings. The van der Waals surface area contributed by atoms with Crippen molar-refractivity contribution in [2.75, 3.05) is 10.6 Å². The maximum atomic E-state index is 3.69. The second kappa shape index (κ2) is 18.1. The SMILES string of the molecule is CC(CCCCCCCCCCC(C)Nc1ccc(Cc2ccccc2)cc1)Cc1ccc(Nc2ccccc2)cc1. The van der Waals surface area contributed by atoms with Gasteiger partial charge in [0.2, 0.25) is 0 Å². The lowest BCUT2D eigenvalue weighted by Gasteiger charge is -2.15. The third-order valence-electron chi connectivity index (χ3n) is 8.30. The summed E-state index contributed by atoms with van der Waals surface area (Å²) < 4.78 is 0. The first kappa shape index (κ1) is 31.4. The van der Waals surface area contributed by atoms with E-state index in [1.54, 1.807) is 0 Å². The number of rotatable bonds is 19. The minimum absolute atomic E-state index is 0.524. The second-order valence-electron chi connectivity index (χ2n) is 12.3. The molecule has 4 rings (SSSR count). The zero-order valence-electron chi connectivity index (χ0n) is 26.0. The molecular formula is C40H52N2. The first-order valence-electron chi connectivity index (χ1n) is 16.4. The molecule has 4 aromatic carbocycles. The third-order valence-corrected chi connectivity index (χ3v) is 8.30. The molecule has 4 aromatic rings. The molecule has 0 spiro atoms. The van der Waals surface area contributed by atoms with Gasteiger partial charge in [-0.05, 0) is 85.2 Å². The molecule has 0 aliphatic carbocycles. The maximum absolute atomic E-state index is 3.69. The smallest absolute Gasteiger partial charge is 0.0384 e. The van der Waals surface area contributed by atoms with E-state index >= 15 is 0 Å². The van der Waals surface area contributed by atoms with Gasteiger partial charge < -0.3 is 10.6 Å². The molecule has 2 heteroatoms. The van der Waals surface area contributed by atoms with Gasteiger partial charge in [-0.15, -0.1) is 0 Å². The van der Waals surface area contributed by atoms with Crippen LogP contribution >= 0.6 is 0 Å². The van der Waals surface area contributed by atoms with E-state index in [2.05, 4.69) is 128 Å². The maximum Gasteiger partial charge on any atom is 0.0384 e. The van der Waals surface area contributed by atoms with E-state index in [0.717, 1.165) is 23.7 Å². The Morgan fingerprint density at radius 2 is 0.929 bits per heavy atom. The molecule has 222 valence electrons. The van der Waals surface area contributed by atoms with Gasteiger partial charge >= 0.3 is 0 Å². The molecule has 2 unspecified atom stereocenters. The number of anilines is 3. The predicted octanol–water partition coefficient (Wildman–Crippen LogP) is 11.6. The summed E-state index contributed by atoms with van der Waals surface area (Å²) in [6, 6.07) is 39.6. The topological polar surface area (TPSA) is 24.1 Å². The number of unbranched alkanes of at least 4 members (excludes halogenated alkanes) is 7. The van der Waals surface area contributed by atoms with E-state index in [1.165, 1.54) is 93.0 Å². The van der Waals surface area contributed by atoms with Gasteiger partial charge in [0.05, 0.1) is 0 Å². The van der Waals surface area contributed by atoms with Gasteiger partial charge in [0.1, 0.15) is 0 Å². The van der Waals surface area contributed by atoms with E-state index < -0.39 is 0 Å². The van der Waals surface area contributed by atoms with Crippen LogP contribution in [0.25, 0.3) is 0 Å². The van der Waals surface area contributed by atoms with Crippen LogP contribution in [0, 0.1) is 5.92 Å². The van der Waals surface area contributed by atoms with Gasteiger partial charge in [0, 0.05) is 23.1 Å². The fraction of sp³-hybridized carbons (Fsp3) is 0.400. The number of benzene rings is 4. The monoisotopic (exact) mass is 560 g/mol. The number of nitrogens with one attached hydrogen (secondary N) is 2. The summed E-state index contributed by atoms with van der Waals surface area (Å²) in [5, 5.41) is 7.16. The van der Waals surface area contributed by atoms with E-state index in [1.807, 2.05) is 6.07 Å². The zero-order chi connectivity index (χ0) is 29.2. The molecule has 0 aromatic heterocycles. The van der Waals surface area contributed by atoms with E-state index in [-0.39, 0.29) is 0 Å². The Morgan fingerprint density at radius 3 is 1.57 bits per heavy atom. The Kier molecular flexibility index (Phi) is 13.5. The van der Waals surface area contributed by atoms with Crippen molar-refractivity contribution in [2.45, 2.75) is 96.9 Å². The van der Waals surface area contributed by atoms with Crippen molar-refractivity contribution in [3.8, 4) is 0 Å². The fourth-order valence-corrected chi connectivity index (χ4v) is 5.83. The van der Waals surface area contributed by atoms with Crippen molar-refractivity contribution in [3.63, 3.8) is 0 Å². The van der Waals surface area contributed by atoms with Gasteiger partial charge in [-0.3, -0.25) is 0 Å². The largest absolute Gasteiger partial charge is 0.383 e. The zero-order valence-corrected chi connectivity index (χ0v) is 26.0. The van der Waals surface area contributed by atoms with Crippen molar-refractivity contribution in [3.05, 3.63) is 126 Å². The molecule has 2 N–H and O–H groups in total. The van der Waals surface area contributed by atoms with Crippen LogP contribution in [-0.4, -0.2) is 6.04 Å². The Labute approximate surface area is 256 Å². The number of hydrogen-bond donors (Lipinski definition) is 2. The molecule has 0 amide bonds. The van der Waals surface area contributed by atoms with Crippen LogP contribution in [0.15, 0.2) is 109 Å². The minimum Gasteiger partial charge on any atom is -0.383 e. The molecule has 0 saturated carbocycles. The summed E-state index contributed by atoms with van der Waals surface area (Å²) in [6.07, 6.45) is 15.8. The Bertz CT molecular complexity index is 1130. The lowest BCUT2D eigenvalue weighted by atomic mass is 9.95. The molecule has 0 fully saturated rings.